The normalized spacial score (nSPS) is 18.1. The molecule has 1 atom stereocenters. The second kappa shape index (κ2) is 5.80. The zero-order chi connectivity index (χ0) is 15.7. The van der Waals surface area contributed by atoms with Crippen molar-refractivity contribution in [3.63, 3.8) is 0 Å². The van der Waals surface area contributed by atoms with E-state index in [9.17, 15) is 19.5 Å². The van der Waals surface area contributed by atoms with E-state index in [0.29, 0.717) is 23.8 Å². The number of anilines is 1. The van der Waals surface area contributed by atoms with Crippen LogP contribution in [0.15, 0.2) is 0 Å². The first-order chi connectivity index (χ1) is 9.86. The molecular weight excluding hydrogens is 294 g/mol. The molecule has 21 heavy (non-hydrogen) atoms. The predicted octanol–water partition coefficient (Wildman–Crippen LogP) is 0.981. The number of carboxylic acids is 1. The number of nitrogens with zero attached hydrogens (tertiary/aromatic N) is 3. The number of carboxylic acid groups (broad SMARTS) is 1. The summed E-state index contributed by atoms with van der Waals surface area (Å²) >= 11 is 0.983. The lowest BCUT2D eigenvalue weighted by Crippen LogP contribution is -2.35. The smallest absolute Gasteiger partial charge is 0.340 e. The van der Waals surface area contributed by atoms with Gasteiger partial charge in [-0.1, -0.05) is 0 Å². The highest BCUT2D eigenvalue weighted by Crippen LogP contribution is 2.30. The number of likely N-dealkylation sites (tertiary alicyclic amines) is 1. The maximum Gasteiger partial charge on any atom is 0.340 e. The molecule has 1 aliphatic rings. The van der Waals surface area contributed by atoms with Gasteiger partial charge in [0.05, 0.1) is 11.6 Å². The summed E-state index contributed by atoms with van der Waals surface area (Å²) in [6.45, 7) is 4.42. The molecule has 1 N–H and O–H groups in total. The molecule has 2 rings (SSSR count). The summed E-state index contributed by atoms with van der Waals surface area (Å²) in [6, 6.07) is 0. The number of hydrogen-bond donors (Lipinski definition) is 1. The summed E-state index contributed by atoms with van der Waals surface area (Å²) in [7, 11) is 1.53. The van der Waals surface area contributed by atoms with Crippen LogP contribution in [0, 0.1) is 12.8 Å². The highest BCUT2D eigenvalue weighted by atomic mass is 32.1. The van der Waals surface area contributed by atoms with Gasteiger partial charge in [-0.25, -0.2) is 4.79 Å². The average molecular weight is 311 g/mol. The summed E-state index contributed by atoms with van der Waals surface area (Å²) in [5.41, 5.74) is 0.437. The Morgan fingerprint density at radius 3 is 2.71 bits per heavy atom. The largest absolute Gasteiger partial charge is 0.478 e. The minimum Gasteiger partial charge on any atom is -0.478 e. The average Bonchev–Trinajstić information content (AvgIpc) is 3.00. The molecule has 7 nitrogen and oxygen atoms in total. The van der Waals surface area contributed by atoms with Crippen molar-refractivity contribution >= 4 is 34.3 Å². The van der Waals surface area contributed by atoms with Crippen molar-refractivity contribution in [3.8, 4) is 0 Å². The fourth-order valence-corrected chi connectivity index (χ4v) is 3.30. The van der Waals surface area contributed by atoms with Crippen molar-refractivity contribution in [3.05, 3.63) is 11.3 Å². The Bertz CT molecular complexity index is 598. The van der Waals surface area contributed by atoms with E-state index in [2.05, 4.69) is 4.37 Å². The van der Waals surface area contributed by atoms with Gasteiger partial charge in [-0.2, -0.15) is 4.37 Å². The van der Waals surface area contributed by atoms with Crippen molar-refractivity contribution in [1.29, 1.82) is 0 Å². The minimum absolute atomic E-state index is 0.0387. The SMILES string of the molecule is CCN1CC(C(=O)N(C)c2snc(C)c2C(=O)O)CC1=O. The predicted molar refractivity (Wildman–Crippen MR) is 77.6 cm³/mol. The molecule has 0 aliphatic carbocycles. The van der Waals surface area contributed by atoms with Crippen LogP contribution < -0.4 is 4.90 Å². The third-order valence-corrected chi connectivity index (χ3v) is 4.66. The number of carbonyl (C=O) groups is 3. The van der Waals surface area contributed by atoms with Crippen LogP contribution in [0.3, 0.4) is 0 Å². The molecule has 8 heteroatoms. The molecule has 1 aliphatic heterocycles. The van der Waals surface area contributed by atoms with Gasteiger partial charge in [0.1, 0.15) is 10.6 Å². The van der Waals surface area contributed by atoms with Gasteiger partial charge in [-0.3, -0.25) is 9.59 Å². The number of hydrogen-bond acceptors (Lipinski definition) is 5. The van der Waals surface area contributed by atoms with Gasteiger partial charge in [0.25, 0.3) is 0 Å². The molecule has 2 heterocycles. The number of aromatic carboxylic acids is 1. The molecule has 0 aromatic carbocycles. The van der Waals surface area contributed by atoms with E-state index >= 15 is 0 Å². The number of amides is 2. The first-order valence-corrected chi connectivity index (χ1v) is 7.39. The topological polar surface area (TPSA) is 90.8 Å². The van der Waals surface area contributed by atoms with E-state index in [1.165, 1.54) is 11.9 Å². The van der Waals surface area contributed by atoms with Gasteiger partial charge >= 0.3 is 5.97 Å². The molecule has 0 spiro atoms. The monoisotopic (exact) mass is 311 g/mol. The van der Waals surface area contributed by atoms with E-state index in [-0.39, 0.29) is 23.8 Å². The molecular formula is C13H17N3O4S. The molecule has 1 saturated heterocycles. The second-order valence-corrected chi connectivity index (χ2v) is 5.74. The summed E-state index contributed by atoms with van der Waals surface area (Å²) in [6.07, 6.45) is 0.178. The van der Waals surface area contributed by atoms with Crippen molar-refractivity contribution in [2.24, 2.45) is 5.92 Å². The third kappa shape index (κ3) is 2.76. The van der Waals surface area contributed by atoms with Crippen LogP contribution in [0.5, 0.6) is 0 Å². The molecule has 2 amide bonds. The molecule has 1 unspecified atom stereocenters. The van der Waals surface area contributed by atoms with Crippen LogP contribution in [0.1, 0.15) is 29.4 Å². The zero-order valence-corrected chi connectivity index (χ0v) is 12.9. The second-order valence-electron chi connectivity index (χ2n) is 4.98. The van der Waals surface area contributed by atoms with Gasteiger partial charge in [-0.05, 0) is 25.4 Å². The first kappa shape index (κ1) is 15.4. The van der Waals surface area contributed by atoms with Gasteiger partial charge in [0.15, 0.2) is 0 Å². The summed E-state index contributed by atoms with van der Waals surface area (Å²) < 4.78 is 4.00. The standard InChI is InChI=1S/C13H17N3O4S/c1-4-16-6-8(5-9(16)17)11(18)15(3)12-10(13(19)20)7(2)14-21-12/h8H,4-6H2,1-3H3,(H,19,20). The lowest BCUT2D eigenvalue weighted by molar-refractivity contribution is -0.128. The lowest BCUT2D eigenvalue weighted by Gasteiger charge is -2.20. The fraction of sp³-hybridized carbons (Fsp3) is 0.538. The molecule has 1 aromatic heterocycles. The molecule has 1 aromatic rings. The molecule has 0 radical (unpaired) electrons. The Hall–Kier alpha value is -1.96. The maximum absolute atomic E-state index is 12.5. The Labute approximate surface area is 126 Å². The number of rotatable bonds is 4. The van der Waals surface area contributed by atoms with Crippen LogP contribution in [0.25, 0.3) is 0 Å². The number of aryl methyl sites for hydroxylation is 1. The van der Waals surface area contributed by atoms with Gasteiger partial charge in [0, 0.05) is 26.6 Å². The van der Waals surface area contributed by atoms with Crippen LogP contribution in [0.4, 0.5) is 5.00 Å². The Morgan fingerprint density at radius 1 is 1.52 bits per heavy atom. The third-order valence-electron chi connectivity index (χ3n) is 3.64. The highest BCUT2D eigenvalue weighted by Gasteiger charge is 2.36. The lowest BCUT2D eigenvalue weighted by atomic mass is 10.1. The van der Waals surface area contributed by atoms with Crippen molar-refractivity contribution in [1.82, 2.24) is 9.27 Å². The van der Waals surface area contributed by atoms with Gasteiger partial charge in [0.2, 0.25) is 11.8 Å². The summed E-state index contributed by atoms with van der Waals surface area (Å²) in [4.78, 5) is 38.4. The van der Waals surface area contributed by atoms with Gasteiger partial charge < -0.3 is 14.9 Å². The molecule has 114 valence electrons. The van der Waals surface area contributed by atoms with E-state index in [1.807, 2.05) is 6.92 Å². The quantitative estimate of drug-likeness (QED) is 0.895. The minimum atomic E-state index is -1.10. The highest BCUT2D eigenvalue weighted by molar-refractivity contribution is 7.11. The van der Waals surface area contributed by atoms with Crippen molar-refractivity contribution in [2.45, 2.75) is 20.3 Å². The van der Waals surface area contributed by atoms with Crippen molar-refractivity contribution in [2.75, 3.05) is 25.0 Å². The zero-order valence-electron chi connectivity index (χ0n) is 12.1. The van der Waals surface area contributed by atoms with E-state index in [0.717, 1.165) is 11.5 Å². The van der Waals surface area contributed by atoms with Crippen molar-refractivity contribution < 1.29 is 19.5 Å². The summed E-state index contributed by atoms with van der Waals surface area (Å²) in [5, 5.41) is 9.53. The molecule has 1 fully saturated rings. The number of carbonyl (C=O) groups excluding carboxylic acids is 2. The molecule has 0 bridgehead atoms. The number of aromatic nitrogens is 1. The van der Waals surface area contributed by atoms with Crippen LogP contribution in [0.2, 0.25) is 0 Å². The van der Waals surface area contributed by atoms with E-state index < -0.39 is 11.9 Å². The van der Waals surface area contributed by atoms with E-state index in [4.69, 9.17) is 0 Å². The van der Waals surface area contributed by atoms with Crippen LogP contribution >= 0.6 is 11.5 Å². The fourth-order valence-electron chi connectivity index (χ4n) is 2.45. The van der Waals surface area contributed by atoms with Crippen LogP contribution in [-0.2, 0) is 9.59 Å². The summed E-state index contributed by atoms with van der Waals surface area (Å²) in [5.74, 6) is -1.81. The Morgan fingerprint density at radius 2 is 2.19 bits per heavy atom. The maximum atomic E-state index is 12.5. The first-order valence-electron chi connectivity index (χ1n) is 6.61. The Kier molecular flexibility index (Phi) is 4.26. The Balaban J connectivity index is 2.21. The van der Waals surface area contributed by atoms with Gasteiger partial charge in [-0.15, -0.1) is 0 Å². The van der Waals surface area contributed by atoms with Crippen LogP contribution in [-0.4, -0.2) is 52.3 Å². The van der Waals surface area contributed by atoms with E-state index in [1.54, 1.807) is 11.8 Å². The molecule has 0 saturated carbocycles.